The van der Waals surface area contributed by atoms with Gasteiger partial charge in [-0.3, -0.25) is 9.59 Å². The summed E-state index contributed by atoms with van der Waals surface area (Å²) in [4.78, 5) is 38.5. The van der Waals surface area contributed by atoms with E-state index in [-0.39, 0.29) is 38.1 Å². The molecule has 8 heteroatoms. The van der Waals surface area contributed by atoms with Gasteiger partial charge in [0.15, 0.2) is 0 Å². The summed E-state index contributed by atoms with van der Waals surface area (Å²) in [6.45, 7) is 2.46. The van der Waals surface area contributed by atoms with Gasteiger partial charge in [-0.25, -0.2) is 4.79 Å². The molecule has 1 aliphatic heterocycles. The van der Waals surface area contributed by atoms with Crippen LogP contribution < -0.4 is 5.32 Å². The normalized spacial score (nSPS) is 19.5. The van der Waals surface area contributed by atoms with Crippen molar-refractivity contribution in [3.05, 3.63) is 59.7 Å². The molecule has 2 amide bonds. The molecule has 1 saturated heterocycles. The Morgan fingerprint density at radius 1 is 1.09 bits per heavy atom. The Labute approximate surface area is 205 Å². The van der Waals surface area contributed by atoms with Gasteiger partial charge in [0, 0.05) is 25.4 Å². The first-order valence-electron chi connectivity index (χ1n) is 12.1. The molecule has 0 spiro atoms. The lowest BCUT2D eigenvalue weighted by molar-refractivity contribution is -0.144. The lowest BCUT2D eigenvalue weighted by Crippen LogP contribution is -2.47. The number of aliphatic carboxylic acids is 1. The van der Waals surface area contributed by atoms with Gasteiger partial charge >= 0.3 is 12.1 Å². The highest BCUT2D eigenvalue weighted by atomic mass is 16.5. The van der Waals surface area contributed by atoms with Gasteiger partial charge in [0.2, 0.25) is 5.91 Å². The Hall–Kier alpha value is -3.39. The van der Waals surface area contributed by atoms with Gasteiger partial charge in [0.25, 0.3) is 0 Å². The predicted molar refractivity (Wildman–Crippen MR) is 130 cm³/mol. The number of fused-ring (bicyclic) bond motifs is 3. The molecule has 4 rings (SSSR count). The number of carbonyl (C=O) groups is 3. The average Bonchev–Trinajstić information content (AvgIpc) is 3.46. The Morgan fingerprint density at radius 2 is 1.71 bits per heavy atom. The maximum Gasteiger partial charge on any atom is 0.407 e. The second-order valence-electron chi connectivity index (χ2n) is 9.21. The van der Waals surface area contributed by atoms with Gasteiger partial charge in [-0.1, -0.05) is 61.9 Å². The van der Waals surface area contributed by atoms with Crippen LogP contribution in [0.25, 0.3) is 11.1 Å². The number of alkyl carbamates (subject to hydrolysis) is 1. The number of nitrogens with one attached hydrogen (secondary N) is 1. The summed E-state index contributed by atoms with van der Waals surface area (Å²) >= 11 is 0. The highest BCUT2D eigenvalue weighted by Gasteiger charge is 2.39. The van der Waals surface area contributed by atoms with Gasteiger partial charge in [-0.15, -0.1) is 0 Å². The van der Waals surface area contributed by atoms with Crippen LogP contribution in [0.1, 0.15) is 43.2 Å². The topological polar surface area (TPSA) is 105 Å². The highest BCUT2D eigenvalue weighted by molar-refractivity contribution is 5.80. The summed E-state index contributed by atoms with van der Waals surface area (Å²) in [6, 6.07) is 15.3. The highest BCUT2D eigenvalue weighted by Crippen LogP contribution is 2.44. The summed E-state index contributed by atoms with van der Waals surface area (Å²) in [6.07, 6.45) is 0.883. The number of hydrogen-bond acceptors (Lipinski definition) is 5. The van der Waals surface area contributed by atoms with E-state index in [9.17, 15) is 19.5 Å². The molecule has 1 aliphatic carbocycles. The fourth-order valence-corrected chi connectivity index (χ4v) is 5.08. The molecule has 0 bridgehead atoms. The number of carboxylic acid groups (broad SMARTS) is 1. The molecule has 0 aromatic heterocycles. The second-order valence-corrected chi connectivity index (χ2v) is 9.21. The van der Waals surface area contributed by atoms with E-state index in [1.165, 1.54) is 4.90 Å². The molecule has 3 atom stereocenters. The quantitative estimate of drug-likeness (QED) is 0.568. The van der Waals surface area contributed by atoms with Crippen molar-refractivity contribution in [1.82, 2.24) is 10.2 Å². The Bertz CT molecular complexity index is 1040. The lowest BCUT2D eigenvalue weighted by atomic mass is 9.98. The summed E-state index contributed by atoms with van der Waals surface area (Å²) < 4.78 is 10.9. The van der Waals surface area contributed by atoms with E-state index in [1.807, 2.05) is 31.2 Å². The van der Waals surface area contributed by atoms with Crippen LogP contribution >= 0.6 is 0 Å². The number of carbonyl (C=O) groups excluding carboxylic acids is 2. The Balaban J connectivity index is 1.36. The minimum absolute atomic E-state index is 0.0409. The van der Waals surface area contributed by atoms with Crippen LogP contribution in [0.5, 0.6) is 0 Å². The molecule has 0 radical (unpaired) electrons. The minimum Gasteiger partial charge on any atom is -0.481 e. The van der Waals surface area contributed by atoms with Crippen LogP contribution in [0.15, 0.2) is 48.5 Å². The molecule has 2 N–H and O–H groups in total. The average molecular weight is 481 g/mol. The molecule has 1 heterocycles. The molecule has 1 fully saturated rings. The smallest absolute Gasteiger partial charge is 0.407 e. The van der Waals surface area contributed by atoms with Gasteiger partial charge in [0.1, 0.15) is 12.5 Å². The van der Waals surface area contributed by atoms with Crippen molar-refractivity contribution < 1.29 is 29.0 Å². The van der Waals surface area contributed by atoms with E-state index in [1.54, 1.807) is 7.05 Å². The Morgan fingerprint density at radius 3 is 2.31 bits per heavy atom. The Kier molecular flexibility index (Phi) is 7.70. The molecule has 2 aliphatic rings. The number of hydrogen-bond donors (Lipinski definition) is 2. The first-order valence-corrected chi connectivity index (χ1v) is 12.1. The summed E-state index contributed by atoms with van der Waals surface area (Å²) in [5, 5.41) is 12.2. The molecule has 2 unspecified atom stereocenters. The van der Waals surface area contributed by atoms with Crippen LogP contribution in [0.4, 0.5) is 4.79 Å². The molecular formula is C27H32N2O6. The number of benzene rings is 2. The number of likely N-dealkylation sites (N-methyl/N-ethyl adjacent to an activating group) is 1. The molecule has 35 heavy (non-hydrogen) atoms. The van der Waals surface area contributed by atoms with E-state index in [0.29, 0.717) is 6.42 Å². The zero-order valence-electron chi connectivity index (χ0n) is 20.1. The van der Waals surface area contributed by atoms with E-state index in [0.717, 1.165) is 28.7 Å². The number of nitrogens with zero attached hydrogens (tertiary/aromatic N) is 1. The standard InChI is InChI=1S/C27H32N2O6/c1-3-8-17(13-25(30)29(2)24-16-34-14-23(24)26(31)32)28-27(33)35-15-22-20-11-6-4-9-18(20)19-10-5-7-12-21(19)22/h4-7,9-12,17,22-24H,3,8,13-16H2,1-2H3,(H,28,33)(H,31,32)/t17-,23?,24?/m1/s1. The third-order valence-corrected chi connectivity index (χ3v) is 6.98. The molecular weight excluding hydrogens is 448 g/mol. The monoisotopic (exact) mass is 480 g/mol. The largest absolute Gasteiger partial charge is 0.481 e. The predicted octanol–water partition coefficient (Wildman–Crippen LogP) is 3.64. The fraction of sp³-hybridized carbons (Fsp3) is 0.444. The maximum absolute atomic E-state index is 12.9. The zero-order chi connectivity index (χ0) is 24.9. The van der Waals surface area contributed by atoms with Crippen LogP contribution in [-0.2, 0) is 19.1 Å². The van der Waals surface area contributed by atoms with E-state index in [2.05, 4.69) is 29.6 Å². The molecule has 2 aromatic rings. The van der Waals surface area contributed by atoms with Crippen LogP contribution in [0, 0.1) is 5.92 Å². The molecule has 186 valence electrons. The van der Waals surface area contributed by atoms with E-state index < -0.39 is 30.1 Å². The van der Waals surface area contributed by atoms with Crippen molar-refractivity contribution in [3.63, 3.8) is 0 Å². The third-order valence-electron chi connectivity index (χ3n) is 6.98. The maximum atomic E-state index is 12.9. The van der Waals surface area contributed by atoms with Crippen LogP contribution in [0.2, 0.25) is 0 Å². The van der Waals surface area contributed by atoms with E-state index in [4.69, 9.17) is 9.47 Å². The van der Waals surface area contributed by atoms with E-state index >= 15 is 0 Å². The fourth-order valence-electron chi connectivity index (χ4n) is 5.08. The number of carboxylic acids is 1. The van der Waals surface area contributed by atoms with Crippen LogP contribution in [0.3, 0.4) is 0 Å². The van der Waals surface area contributed by atoms with Gasteiger partial charge in [0.05, 0.1) is 19.3 Å². The molecule has 0 saturated carbocycles. The van der Waals surface area contributed by atoms with Gasteiger partial charge in [-0.2, -0.15) is 0 Å². The molecule has 2 aromatic carbocycles. The number of rotatable bonds is 9. The van der Waals surface area contributed by atoms with Crippen molar-refractivity contribution in [3.8, 4) is 11.1 Å². The second kappa shape index (κ2) is 10.9. The van der Waals surface area contributed by atoms with Crippen molar-refractivity contribution in [2.24, 2.45) is 5.92 Å². The summed E-state index contributed by atoms with van der Waals surface area (Å²) in [7, 11) is 1.59. The SMILES string of the molecule is CCC[C@H](CC(=O)N(C)C1COCC1C(=O)O)NC(=O)OCC1c2ccccc2-c2ccccc21. The van der Waals surface area contributed by atoms with Gasteiger partial charge in [-0.05, 0) is 28.7 Å². The van der Waals surface area contributed by atoms with Crippen molar-refractivity contribution >= 4 is 18.0 Å². The first kappa shape index (κ1) is 24.7. The minimum atomic E-state index is -0.978. The van der Waals surface area contributed by atoms with Crippen molar-refractivity contribution in [2.45, 2.75) is 44.2 Å². The molecule has 8 nitrogen and oxygen atoms in total. The van der Waals surface area contributed by atoms with Gasteiger partial charge < -0.3 is 24.8 Å². The first-order chi connectivity index (χ1) is 16.9. The zero-order valence-corrected chi connectivity index (χ0v) is 20.1. The summed E-state index contributed by atoms with van der Waals surface area (Å²) in [5.74, 6) is -2.00. The number of amides is 2. The number of ether oxygens (including phenoxy) is 2. The van der Waals surface area contributed by atoms with Crippen molar-refractivity contribution in [2.75, 3.05) is 26.9 Å². The third kappa shape index (κ3) is 5.32. The van der Waals surface area contributed by atoms with Crippen molar-refractivity contribution in [1.29, 1.82) is 0 Å². The van der Waals surface area contributed by atoms with Crippen LogP contribution in [-0.4, -0.2) is 66.9 Å². The lowest BCUT2D eigenvalue weighted by Gasteiger charge is -2.28. The summed E-state index contributed by atoms with van der Waals surface area (Å²) in [5.41, 5.74) is 4.58.